The van der Waals surface area contributed by atoms with Gasteiger partial charge in [0, 0.05) is 5.69 Å². The SMILES string of the molecule is CC1COB(c2cccc(NS(C)(=O)=O)c2)O1. The summed E-state index contributed by atoms with van der Waals surface area (Å²) in [6.07, 6.45) is 1.18. The maximum atomic E-state index is 11.1. The fraction of sp³-hybridized carbons (Fsp3) is 0.400. The zero-order chi connectivity index (χ0) is 12.5. The Morgan fingerprint density at radius 2 is 2.24 bits per heavy atom. The standard InChI is InChI=1S/C10H14BNO4S/c1-8-7-15-11(16-8)9-4-3-5-10(6-9)12-17(2,13)14/h3-6,8,12H,7H2,1-2H3. The van der Waals surface area contributed by atoms with Crippen LogP contribution in [-0.2, 0) is 19.3 Å². The normalized spacial score (nSPS) is 20.6. The smallest absolute Gasteiger partial charge is 0.405 e. The topological polar surface area (TPSA) is 64.6 Å². The first-order valence-corrected chi connectivity index (χ1v) is 7.18. The van der Waals surface area contributed by atoms with Crippen molar-refractivity contribution in [1.29, 1.82) is 0 Å². The van der Waals surface area contributed by atoms with E-state index in [9.17, 15) is 8.42 Å². The summed E-state index contributed by atoms with van der Waals surface area (Å²) >= 11 is 0. The summed E-state index contributed by atoms with van der Waals surface area (Å²) in [7, 11) is -3.67. The molecule has 1 unspecified atom stereocenters. The predicted octanol–water partition coefficient (Wildman–Crippen LogP) is 0.189. The van der Waals surface area contributed by atoms with E-state index in [1.165, 1.54) is 0 Å². The van der Waals surface area contributed by atoms with Crippen molar-refractivity contribution in [2.75, 3.05) is 17.6 Å². The van der Waals surface area contributed by atoms with E-state index in [4.69, 9.17) is 9.31 Å². The minimum atomic E-state index is -3.26. The molecule has 17 heavy (non-hydrogen) atoms. The lowest BCUT2D eigenvalue weighted by atomic mass is 9.79. The molecule has 0 saturated carbocycles. The molecule has 1 fully saturated rings. The molecule has 5 nitrogen and oxygen atoms in total. The van der Waals surface area contributed by atoms with Gasteiger partial charge in [-0.1, -0.05) is 12.1 Å². The molecular formula is C10H14BNO4S. The van der Waals surface area contributed by atoms with Crippen LogP contribution in [0.2, 0.25) is 0 Å². The number of sulfonamides is 1. The molecule has 1 aromatic carbocycles. The van der Waals surface area contributed by atoms with Crippen LogP contribution in [0.5, 0.6) is 0 Å². The number of hydrogen-bond acceptors (Lipinski definition) is 4. The van der Waals surface area contributed by atoms with Crippen molar-refractivity contribution < 1.29 is 17.7 Å². The Bertz CT molecular complexity index is 505. The molecule has 1 saturated heterocycles. The van der Waals surface area contributed by atoms with Gasteiger partial charge in [-0.05, 0) is 24.5 Å². The van der Waals surface area contributed by atoms with Gasteiger partial charge in [-0.3, -0.25) is 4.72 Å². The van der Waals surface area contributed by atoms with E-state index >= 15 is 0 Å². The van der Waals surface area contributed by atoms with E-state index in [2.05, 4.69) is 4.72 Å². The summed E-state index contributed by atoms with van der Waals surface area (Å²) in [5.41, 5.74) is 1.32. The maximum Gasteiger partial charge on any atom is 0.494 e. The van der Waals surface area contributed by atoms with E-state index in [1.54, 1.807) is 18.2 Å². The third-order valence-electron chi connectivity index (χ3n) is 2.30. The van der Waals surface area contributed by atoms with Crippen molar-refractivity contribution in [1.82, 2.24) is 0 Å². The lowest BCUT2D eigenvalue weighted by Crippen LogP contribution is -2.32. The van der Waals surface area contributed by atoms with Gasteiger partial charge in [0.05, 0.1) is 19.0 Å². The molecule has 2 rings (SSSR count). The lowest BCUT2D eigenvalue weighted by molar-refractivity contribution is 0.258. The zero-order valence-electron chi connectivity index (χ0n) is 9.71. The molecule has 1 atom stereocenters. The van der Waals surface area contributed by atoms with Crippen molar-refractivity contribution in [2.24, 2.45) is 0 Å². The number of hydrogen-bond donors (Lipinski definition) is 1. The summed E-state index contributed by atoms with van der Waals surface area (Å²) in [6.45, 7) is 2.48. The van der Waals surface area contributed by atoms with Gasteiger partial charge < -0.3 is 9.31 Å². The van der Waals surface area contributed by atoms with E-state index in [0.29, 0.717) is 12.3 Å². The fourth-order valence-electron chi connectivity index (χ4n) is 1.65. The Hall–Kier alpha value is -1.05. The quantitative estimate of drug-likeness (QED) is 0.783. The van der Waals surface area contributed by atoms with E-state index in [-0.39, 0.29) is 6.10 Å². The van der Waals surface area contributed by atoms with Crippen molar-refractivity contribution >= 4 is 28.3 Å². The molecule has 0 bridgehead atoms. The van der Waals surface area contributed by atoms with Crippen LogP contribution in [-0.4, -0.2) is 34.5 Å². The Morgan fingerprint density at radius 1 is 1.47 bits per heavy atom. The van der Waals surface area contributed by atoms with Crippen LogP contribution >= 0.6 is 0 Å². The Balaban J connectivity index is 2.17. The van der Waals surface area contributed by atoms with E-state index in [0.717, 1.165) is 11.7 Å². The van der Waals surface area contributed by atoms with Gasteiger partial charge in [-0.25, -0.2) is 8.42 Å². The van der Waals surface area contributed by atoms with Gasteiger partial charge >= 0.3 is 7.12 Å². The van der Waals surface area contributed by atoms with Crippen LogP contribution in [0.1, 0.15) is 6.92 Å². The molecule has 0 radical (unpaired) electrons. The van der Waals surface area contributed by atoms with Crippen LogP contribution < -0.4 is 10.2 Å². The molecule has 1 N–H and O–H groups in total. The molecule has 0 aromatic heterocycles. The number of nitrogens with one attached hydrogen (secondary N) is 1. The first-order valence-electron chi connectivity index (χ1n) is 5.29. The van der Waals surface area contributed by atoms with Gasteiger partial charge in [0.25, 0.3) is 0 Å². The van der Waals surface area contributed by atoms with Gasteiger partial charge in [0.15, 0.2) is 0 Å². The first-order chi connectivity index (χ1) is 7.94. The Labute approximate surface area is 101 Å². The highest BCUT2D eigenvalue weighted by atomic mass is 32.2. The van der Waals surface area contributed by atoms with Crippen LogP contribution in [0, 0.1) is 0 Å². The third-order valence-corrected chi connectivity index (χ3v) is 2.91. The molecule has 1 aliphatic rings. The number of rotatable bonds is 3. The Morgan fingerprint density at radius 3 is 2.82 bits per heavy atom. The molecule has 1 heterocycles. The van der Waals surface area contributed by atoms with Crippen LogP contribution in [0.25, 0.3) is 0 Å². The van der Waals surface area contributed by atoms with Crippen LogP contribution in [0.15, 0.2) is 24.3 Å². The molecule has 0 spiro atoms. The second-order valence-electron chi connectivity index (χ2n) is 4.11. The predicted molar refractivity (Wildman–Crippen MR) is 66.8 cm³/mol. The largest absolute Gasteiger partial charge is 0.494 e. The summed E-state index contributed by atoms with van der Waals surface area (Å²) < 4.78 is 35.6. The zero-order valence-corrected chi connectivity index (χ0v) is 10.5. The second kappa shape index (κ2) is 4.68. The minimum Gasteiger partial charge on any atom is -0.405 e. The molecular weight excluding hydrogens is 241 g/mol. The van der Waals surface area contributed by atoms with Crippen molar-refractivity contribution in [3.63, 3.8) is 0 Å². The highest BCUT2D eigenvalue weighted by molar-refractivity contribution is 7.92. The van der Waals surface area contributed by atoms with Gasteiger partial charge in [-0.15, -0.1) is 0 Å². The van der Waals surface area contributed by atoms with Crippen molar-refractivity contribution in [2.45, 2.75) is 13.0 Å². The van der Waals surface area contributed by atoms with E-state index in [1.807, 2.05) is 13.0 Å². The third kappa shape index (κ3) is 3.45. The maximum absolute atomic E-state index is 11.1. The van der Waals surface area contributed by atoms with E-state index < -0.39 is 17.1 Å². The first kappa shape index (κ1) is 12.4. The Kier molecular flexibility index (Phi) is 3.41. The van der Waals surface area contributed by atoms with Crippen LogP contribution in [0.4, 0.5) is 5.69 Å². The summed E-state index contributed by atoms with van der Waals surface area (Å²) in [5, 5.41) is 0. The monoisotopic (exact) mass is 255 g/mol. The van der Waals surface area contributed by atoms with Crippen molar-refractivity contribution in [3.8, 4) is 0 Å². The molecule has 0 aliphatic carbocycles. The summed E-state index contributed by atoms with van der Waals surface area (Å²) in [6, 6.07) is 7.00. The van der Waals surface area contributed by atoms with Crippen LogP contribution in [0.3, 0.4) is 0 Å². The van der Waals surface area contributed by atoms with Gasteiger partial charge in [-0.2, -0.15) is 0 Å². The molecule has 1 aromatic rings. The van der Waals surface area contributed by atoms with Crippen molar-refractivity contribution in [3.05, 3.63) is 24.3 Å². The molecule has 7 heteroatoms. The number of benzene rings is 1. The lowest BCUT2D eigenvalue weighted by Gasteiger charge is -2.08. The molecule has 92 valence electrons. The van der Waals surface area contributed by atoms with Gasteiger partial charge in [0.2, 0.25) is 10.0 Å². The second-order valence-corrected chi connectivity index (χ2v) is 5.86. The summed E-state index contributed by atoms with van der Waals surface area (Å²) in [4.78, 5) is 0. The average Bonchev–Trinajstić information content (AvgIpc) is 2.63. The molecule has 1 aliphatic heterocycles. The average molecular weight is 255 g/mol. The molecule has 0 amide bonds. The fourth-order valence-corrected chi connectivity index (χ4v) is 2.21. The summed E-state index contributed by atoms with van der Waals surface area (Å²) in [5.74, 6) is 0. The number of anilines is 1. The highest BCUT2D eigenvalue weighted by Gasteiger charge is 2.30. The minimum absolute atomic E-state index is 0.0616. The highest BCUT2D eigenvalue weighted by Crippen LogP contribution is 2.11. The van der Waals surface area contributed by atoms with Gasteiger partial charge in [0.1, 0.15) is 0 Å².